The largest absolute Gasteiger partial charge is 0.314 e. The fourth-order valence-electron chi connectivity index (χ4n) is 2.73. The van der Waals surface area contributed by atoms with Gasteiger partial charge in [-0.05, 0) is 25.0 Å². The van der Waals surface area contributed by atoms with Crippen LogP contribution in [0.4, 0.5) is 0 Å². The van der Waals surface area contributed by atoms with Gasteiger partial charge >= 0.3 is 0 Å². The third-order valence-corrected chi connectivity index (χ3v) is 3.75. The van der Waals surface area contributed by atoms with Gasteiger partial charge in [0.15, 0.2) is 0 Å². The minimum Gasteiger partial charge on any atom is -0.314 e. The molecule has 0 bridgehead atoms. The molecule has 0 unspecified atom stereocenters. The van der Waals surface area contributed by atoms with Crippen LogP contribution in [0, 0.1) is 6.92 Å². The highest BCUT2D eigenvalue weighted by Gasteiger charge is 2.11. The van der Waals surface area contributed by atoms with E-state index in [9.17, 15) is 0 Å². The molecule has 1 aliphatic heterocycles. The van der Waals surface area contributed by atoms with Gasteiger partial charge in [-0.1, -0.05) is 12.1 Å². The molecule has 0 atom stereocenters. The molecule has 0 saturated carbocycles. The van der Waals surface area contributed by atoms with E-state index in [4.69, 9.17) is 0 Å². The van der Waals surface area contributed by atoms with Crippen molar-refractivity contribution in [3.63, 3.8) is 0 Å². The van der Waals surface area contributed by atoms with Crippen molar-refractivity contribution in [1.82, 2.24) is 20.4 Å². The van der Waals surface area contributed by atoms with Gasteiger partial charge in [0.05, 0.1) is 5.52 Å². The Bertz CT molecular complexity index is 526. The number of aryl methyl sites for hydroxylation is 1. The Balaban J connectivity index is 1.75. The van der Waals surface area contributed by atoms with Crippen LogP contribution in [0.2, 0.25) is 0 Å². The molecule has 0 amide bonds. The summed E-state index contributed by atoms with van der Waals surface area (Å²) in [4.78, 5) is 2.53. The van der Waals surface area contributed by atoms with Gasteiger partial charge in [0.2, 0.25) is 0 Å². The number of hydrogen-bond donors (Lipinski definition) is 2. The summed E-state index contributed by atoms with van der Waals surface area (Å²) < 4.78 is 0. The Labute approximate surface area is 107 Å². The summed E-state index contributed by atoms with van der Waals surface area (Å²) in [6.07, 6.45) is 1.11. The molecule has 3 rings (SSSR count). The summed E-state index contributed by atoms with van der Waals surface area (Å²) in [5.74, 6) is 0. The normalized spacial score (nSPS) is 17.4. The zero-order valence-corrected chi connectivity index (χ0v) is 10.9. The summed E-state index contributed by atoms with van der Waals surface area (Å²) in [5, 5.41) is 12.1. The maximum Gasteiger partial charge on any atom is 0.0926 e. The van der Waals surface area contributed by atoms with E-state index in [1.54, 1.807) is 0 Å². The molecule has 96 valence electrons. The van der Waals surface area contributed by atoms with Gasteiger partial charge in [0.1, 0.15) is 0 Å². The van der Waals surface area contributed by atoms with E-state index in [0.29, 0.717) is 0 Å². The first kappa shape index (κ1) is 11.7. The van der Waals surface area contributed by atoms with Crippen molar-refractivity contribution < 1.29 is 0 Å². The second kappa shape index (κ2) is 5.08. The van der Waals surface area contributed by atoms with Crippen LogP contribution >= 0.6 is 0 Å². The van der Waals surface area contributed by atoms with E-state index in [1.165, 1.54) is 29.7 Å². The van der Waals surface area contributed by atoms with Crippen LogP contribution in [0.1, 0.15) is 11.3 Å². The number of rotatable bonds is 3. The van der Waals surface area contributed by atoms with Crippen LogP contribution in [0.15, 0.2) is 18.2 Å². The average Bonchev–Trinajstić information content (AvgIpc) is 2.80. The van der Waals surface area contributed by atoms with Crippen LogP contribution in [0.5, 0.6) is 0 Å². The first-order valence-corrected chi connectivity index (χ1v) is 6.70. The Morgan fingerprint density at radius 3 is 2.94 bits per heavy atom. The van der Waals surface area contributed by atoms with Gasteiger partial charge < -0.3 is 10.2 Å². The first-order valence-electron chi connectivity index (χ1n) is 6.70. The molecule has 4 heteroatoms. The van der Waals surface area contributed by atoms with Gasteiger partial charge in [-0.3, -0.25) is 5.10 Å². The van der Waals surface area contributed by atoms with Crippen molar-refractivity contribution >= 4 is 10.9 Å². The van der Waals surface area contributed by atoms with Crippen LogP contribution in [-0.4, -0.2) is 47.8 Å². The maximum atomic E-state index is 4.33. The van der Waals surface area contributed by atoms with Crippen molar-refractivity contribution in [2.75, 3.05) is 32.7 Å². The van der Waals surface area contributed by atoms with Crippen molar-refractivity contribution in [1.29, 1.82) is 0 Å². The van der Waals surface area contributed by atoms with Gasteiger partial charge in [0, 0.05) is 43.8 Å². The topological polar surface area (TPSA) is 44.0 Å². The number of piperazine rings is 1. The molecule has 1 fully saturated rings. The molecule has 2 N–H and O–H groups in total. The lowest BCUT2D eigenvalue weighted by Crippen LogP contribution is -2.44. The predicted molar refractivity (Wildman–Crippen MR) is 73.8 cm³/mol. The summed E-state index contributed by atoms with van der Waals surface area (Å²) in [5.41, 5.74) is 3.68. The number of aromatic nitrogens is 2. The van der Waals surface area contributed by atoms with Crippen LogP contribution in [0.3, 0.4) is 0 Å². The Kier molecular flexibility index (Phi) is 3.30. The Hall–Kier alpha value is -1.39. The molecule has 2 aromatic rings. The van der Waals surface area contributed by atoms with Crippen LogP contribution < -0.4 is 5.32 Å². The second-order valence-corrected chi connectivity index (χ2v) is 5.00. The zero-order valence-electron chi connectivity index (χ0n) is 10.9. The molecule has 0 spiro atoms. The number of hydrogen-bond acceptors (Lipinski definition) is 3. The third-order valence-electron chi connectivity index (χ3n) is 3.75. The Morgan fingerprint density at radius 2 is 2.11 bits per heavy atom. The average molecular weight is 244 g/mol. The maximum absolute atomic E-state index is 4.33. The van der Waals surface area contributed by atoms with Gasteiger partial charge in [-0.15, -0.1) is 0 Å². The molecular formula is C14H20N4. The zero-order chi connectivity index (χ0) is 12.4. The molecule has 1 saturated heterocycles. The fourth-order valence-corrected chi connectivity index (χ4v) is 2.73. The van der Waals surface area contributed by atoms with E-state index in [1.807, 2.05) is 0 Å². The van der Waals surface area contributed by atoms with Crippen molar-refractivity contribution in [3.8, 4) is 0 Å². The second-order valence-electron chi connectivity index (χ2n) is 5.00. The Morgan fingerprint density at radius 1 is 1.28 bits per heavy atom. The number of benzene rings is 1. The minimum atomic E-state index is 1.09. The highest BCUT2D eigenvalue weighted by molar-refractivity contribution is 5.84. The first-order chi connectivity index (χ1) is 8.84. The van der Waals surface area contributed by atoms with E-state index < -0.39 is 0 Å². The number of H-pyrrole nitrogens is 1. The lowest BCUT2D eigenvalue weighted by atomic mass is 10.0. The van der Waals surface area contributed by atoms with Gasteiger partial charge in [0.25, 0.3) is 0 Å². The van der Waals surface area contributed by atoms with E-state index in [-0.39, 0.29) is 0 Å². The summed E-state index contributed by atoms with van der Waals surface area (Å²) in [6, 6.07) is 6.41. The molecule has 0 radical (unpaired) electrons. The van der Waals surface area contributed by atoms with E-state index >= 15 is 0 Å². The molecule has 0 aliphatic carbocycles. The number of nitrogens with zero attached hydrogens (tertiary/aromatic N) is 2. The summed E-state index contributed by atoms with van der Waals surface area (Å²) in [6.45, 7) is 7.82. The van der Waals surface area contributed by atoms with E-state index in [2.05, 4.69) is 45.5 Å². The molecule has 2 heterocycles. The number of fused-ring (bicyclic) bond motifs is 1. The highest BCUT2D eigenvalue weighted by atomic mass is 15.2. The van der Waals surface area contributed by atoms with Crippen molar-refractivity contribution in [2.24, 2.45) is 0 Å². The quantitative estimate of drug-likeness (QED) is 0.856. The molecule has 4 nitrogen and oxygen atoms in total. The standard InChI is InChI=1S/C14H20N4/c1-11-14-12(3-2-4-13(14)17-16-11)5-8-18-9-6-15-7-10-18/h2-4,15H,5-10H2,1H3,(H,16,17). The molecule has 1 aliphatic rings. The van der Waals surface area contributed by atoms with Crippen LogP contribution in [-0.2, 0) is 6.42 Å². The lowest BCUT2D eigenvalue weighted by molar-refractivity contribution is 0.244. The molecule has 1 aromatic carbocycles. The van der Waals surface area contributed by atoms with Gasteiger partial charge in [-0.25, -0.2) is 0 Å². The smallest absolute Gasteiger partial charge is 0.0926 e. The SMILES string of the molecule is Cc1[nH]nc2cccc(CCN3CCNCC3)c12. The van der Waals surface area contributed by atoms with E-state index in [0.717, 1.165) is 31.6 Å². The molecule has 1 aromatic heterocycles. The van der Waals surface area contributed by atoms with Crippen LogP contribution in [0.25, 0.3) is 10.9 Å². The lowest BCUT2D eigenvalue weighted by Gasteiger charge is -2.27. The van der Waals surface area contributed by atoms with Crippen molar-refractivity contribution in [2.45, 2.75) is 13.3 Å². The molecule has 18 heavy (non-hydrogen) atoms. The third kappa shape index (κ3) is 2.26. The summed E-state index contributed by atoms with van der Waals surface area (Å²) in [7, 11) is 0. The number of aromatic amines is 1. The minimum absolute atomic E-state index is 1.09. The summed E-state index contributed by atoms with van der Waals surface area (Å²) >= 11 is 0. The van der Waals surface area contributed by atoms with Gasteiger partial charge in [-0.2, -0.15) is 5.10 Å². The predicted octanol–water partition coefficient (Wildman–Crippen LogP) is 1.32. The number of nitrogens with one attached hydrogen (secondary N) is 2. The monoisotopic (exact) mass is 244 g/mol. The molecular weight excluding hydrogens is 224 g/mol. The fraction of sp³-hybridized carbons (Fsp3) is 0.500. The van der Waals surface area contributed by atoms with Crippen molar-refractivity contribution in [3.05, 3.63) is 29.5 Å². The highest BCUT2D eigenvalue weighted by Crippen LogP contribution is 2.20.